The van der Waals surface area contributed by atoms with E-state index in [1.54, 1.807) is 19.9 Å². The number of aromatic carboxylic acids is 1. The van der Waals surface area contributed by atoms with Crippen LogP contribution < -0.4 is 5.32 Å². The highest BCUT2D eigenvalue weighted by atomic mass is 35.5. The van der Waals surface area contributed by atoms with E-state index in [0.29, 0.717) is 53.4 Å². The zero-order valence-electron chi connectivity index (χ0n) is 20.6. The van der Waals surface area contributed by atoms with Crippen LogP contribution in [-0.2, 0) is 10.0 Å². The molecule has 2 aliphatic rings. The number of allylic oxidation sites excluding steroid dienone is 3. The molecule has 0 unspecified atom stereocenters. The predicted octanol–water partition coefficient (Wildman–Crippen LogP) is 5.47. The molecule has 5 rings (SSSR count). The van der Waals surface area contributed by atoms with Gasteiger partial charge < -0.3 is 14.9 Å². The number of carbonyl (C=O) groups excluding carboxylic acids is 1. The van der Waals surface area contributed by atoms with Crippen molar-refractivity contribution in [3.05, 3.63) is 87.4 Å². The van der Waals surface area contributed by atoms with Gasteiger partial charge in [0.1, 0.15) is 5.76 Å². The second-order valence-corrected chi connectivity index (χ2v) is 11.5. The summed E-state index contributed by atoms with van der Waals surface area (Å²) in [5.41, 5.74) is 3.56. The maximum Gasteiger partial charge on any atom is 0.337 e. The molecule has 0 fully saturated rings. The van der Waals surface area contributed by atoms with E-state index in [-0.39, 0.29) is 21.7 Å². The zero-order chi connectivity index (χ0) is 27.2. The van der Waals surface area contributed by atoms with E-state index in [1.807, 2.05) is 6.08 Å². The number of hydrogen-bond acceptors (Lipinski definition) is 6. The van der Waals surface area contributed by atoms with Gasteiger partial charge in [0, 0.05) is 28.4 Å². The maximum absolute atomic E-state index is 13.5. The molecule has 0 saturated heterocycles. The van der Waals surface area contributed by atoms with E-state index in [0.717, 1.165) is 11.3 Å². The summed E-state index contributed by atoms with van der Waals surface area (Å²) in [5.74, 6) is -1.32. The second kappa shape index (κ2) is 9.77. The summed E-state index contributed by atoms with van der Waals surface area (Å²) < 4.78 is 33.5. The summed E-state index contributed by atoms with van der Waals surface area (Å²) in [6, 6.07) is 10.3. The van der Waals surface area contributed by atoms with Gasteiger partial charge in [0.05, 0.1) is 21.8 Å². The lowest BCUT2D eigenvalue weighted by atomic mass is 10.0. The first kappa shape index (κ1) is 25.7. The van der Waals surface area contributed by atoms with E-state index >= 15 is 0 Å². The predicted molar refractivity (Wildman–Crippen MR) is 141 cm³/mol. The molecule has 3 aromatic rings. The molecule has 0 atom stereocenters. The lowest BCUT2D eigenvalue weighted by molar-refractivity contribution is 0.0698. The Balaban J connectivity index is 1.42. The van der Waals surface area contributed by atoms with Crippen molar-refractivity contribution in [1.29, 1.82) is 0 Å². The molecule has 1 amide bonds. The fourth-order valence-corrected chi connectivity index (χ4v) is 6.70. The molecule has 11 heteroatoms. The number of nitrogens with zero attached hydrogens (tertiary/aromatic N) is 2. The molecule has 38 heavy (non-hydrogen) atoms. The number of carboxylic acids is 1. The summed E-state index contributed by atoms with van der Waals surface area (Å²) in [6.45, 7) is 3.79. The number of sulfonamides is 1. The number of amides is 1. The Morgan fingerprint density at radius 1 is 1.11 bits per heavy atom. The van der Waals surface area contributed by atoms with Crippen LogP contribution in [0.3, 0.4) is 0 Å². The number of halogens is 1. The van der Waals surface area contributed by atoms with Crippen LogP contribution >= 0.6 is 11.6 Å². The van der Waals surface area contributed by atoms with Gasteiger partial charge in [-0.25, -0.2) is 13.2 Å². The molecule has 0 bridgehead atoms. The quantitative estimate of drug-likeness (QED) is 0.413. The van der Waals surface area contributed by atoms with Crippen LogP contribution in [0.4, 0.5) is 5.69 Å². The lowest BCUT2D eigenvalue weighted by Crippen LogP contribution is -2.28. The number of nitrogens with one attached hydrogen (secondary N) is 1. The largest absolute Gasteiger partial charge is 0.478 e. The fourth-order valence-electron chi connectivity index (χ4n) is 4.87. The Morgan fingerprint density at radius 2 is 1.89 bits per heavy atom. The van der Waals surface area contributed by atoms with E-state index in [4.69, 9.17) is 16.1 Å². The van der Waals surface area contributed by atoms with Crippen molar-refractivity contribution in [2.75, 3.05) is 11.9 Å². The monoisotopic (exact) mass is 553 g/mol. The molecule has 1 aromatic heterocycles. The highest BCUT2D eigenvalue weighted by molar-refractivity contribution is 7.89. The molecule has 0 spiro atoms. The van der Waals surface area contributed by atoms with Gasteiger partial charge in [0.15, 0.2) is 0 Å². The van der Waals surface area contributed by atoms with E-state index in [2.05, 4.69) is 10.5 Å². The highest BCUT2D eigenvalue weighted by Crippen LogP contribution is 2.38. The standard InChI is InChI=1S/C27H24ClN3O6S/c1-15-25(16(2)37-30-15)18-6-8-23(22(14-18)27(33)34)29-26(32)19-4-3-5-21(13-19)38(35,36)31-11-10-17-12-20(28)7-9-24(17)31/h3-6,8,12-14H,7,9-11H2,1-2H3,(H,29,32)(H,33,34). The summed E-state index contributed by atoms with van der Waals surface area (Å²) in [5, 5.41) is 17.0. The third-order valence-electron chi connectivity index (χ3n) is 6.69. The lowest BCUT2D eigenvalue weighted by Gasteiger charge is -2.24. The molecular formula is C27H24ClN3O6S. The zero-order valence-corrected chi connectivity index (χ0v) is 22.2. The number of carboxylic acid groups (broad SMARTS) is 1. The Morgan fingerprint density at radius 3 is 2.61 bits per heavy atom. The minimum Gasteiger partial charge on any atom is -0.478 e. The van der Waals surface area contributed by atoms with Crippen LogP contribution in [0.5, 0.6) is 0 Å². The normalized spacial score (nSPS) is 15.3. The van der Waals surface area contributed by atoms with Gasteiger partial charge in [0.25, 0.3) is 15.9 Å². The van der Waals surface area contributed by atoms with Crippen LogP contribution in [0.2, 0.25) is 0 Å². The number of benzene rings is 2. The number of aromatic nitrogens is 1. The summed E-state index contributed by atoms with van der Waals surface area (Å²) in [7, 11) is -3.90. The minimum atomic E-state index is -3.90. The first-order valence-electron chi connectivity index (χ1n) is 11.9. The van der Waals surface area contributed by atoms with Crippen LogP contribution in [0.25, 0.3) is 11.1 Å². The molecule has 9 nitrogen and oxygen atoms in total. The third kappa shape index (κ3) is 4.61. The van der Waals surface area contributed by atoms with Crippen molar-refractivity contribution >= 4 is 39.2 Å². The van der Waals surface area contributed by atoms with E-state index in [9.17, 15) is 23.1 Å². The van der Waals surface area contributed by atoms with Crippen LogP contribution in [0, 0.1) is 13.8 Å². The fraction of sp³-hybridized carbons (Fsp3) is 0.222. The average molecular weight is 554 g/mol. The number of rotatable bonds is 6. The van der Waals surface area contributed by atoms with Crippen LogP contribution in [0.15, 0.2) is 74.3 Å². The second-order valence-electron chi connectivity index (χ2n) is 9.14. The average Bonchev–Trinajstić information content (AvgIpc) is 3.46. The number of carbonyl (C=O) groups is 2. The maximum atomic E-state index is 13.5. The van der Waals surface area contributed by atoms with Gasteiger partial charge in [-0.3, -0.25) is 9.10 Å². The van der Waals surface area contributed by atoms with Crippen LogP contribution in [0.1, 0.15) is 51.4 Å². The first-order valence-corrected chi connectivity index (χ1v) is 13.7. The molecule has 1 aliphatic carbocycles. The molecule has 1 aliphatic heterocycles. The van der Waals surface area contributed by atoms with Gasteiger partial charge >= 0.3 is 5.97 Å². The molecule has 2 heterocycles. The van der Waals surface area contributed by atoms with E-state index < -0.39 is 21.9 Å². The van der Waals surface area contributed by atoms with Gasteiger partial charge in [-0.05, 0) is 80.7 Å². The van der Waals surface area contributed by atoms with Crippen molar-refractivity contribution in [2.24, 2.45) is 0 Å². The summed E-state index contributed by atoms with van der Waals surface area (Å²) >= 11 is 6.13. The van der Waals surface area contributed by atoms with Crippen LogP contribution in [-0.4, -0.2) is 41.4 Å². The van der Waals surface area contributed by atoms with E-state index in [1.165, 1.54) is 40.7 Å². The Hall–Kier alpha value is -3.89. The Labute approximate surface area is 224 Å². The topological polar surface area (TPSA) is 130 Å². The third-order valence-corrected chi connectivity index (χ3v) is 8.82. The van der Waals surface area contributed by atoms with Gasteiger partial charge in [0.2, 0.25) is 0 Å². The Bertz CT molecular complexity index is 1640. The smallest absolute Gasteiger partial charge is 0.337 e. The summed E-state index contributed by atoms with van der Waals surface area (Å²) in [6.07, 6.45) is 3.52. The molecule has 2 N–H and O–H groups in total. The highest BCUT2D eigenvalue weighted by Gasteiger charge is 2.34. The number of anilines is 1. The molecule has 0 radical (unpaired) electrons. The molecule has 196 valence electrons. The van der Waals surface area contributed by atoms with Crippen molar-refractivity contribution in [3.8, 4) is 11.1 Å². The van der Waals surface area contributed by atoms with Crippen molar-refractivity contribution in [2.45, 2.75) is 38.0 Å². The van der Waals surface area contributed by atoms with Crippen molar-refractivity contribution < 1.29 is 27.6 Å². The SMILES string of the molecule is Cc1noc(C)c1-c1ccc(NC(=O)c2cccc(S(=O)(=O)N3CCC4=C3CCC(Cl)=C4)c2)c(C(=O)O)c1. The van der Waals surface area contributed by atoms with Gasteiger partial charge in [-0.2, -0.15) is 0 Å². The Kier molecular flexibility index (Phi) is 6.62. The number of hydrogen-bond donors (Lipinski definition) is 2. The minimum absolute atomic E-state index is 0.0215. The summed E-state index contributed by atoms with van der Waals surface area (Å²) in [4.78, 5) is 25.1. The van der Waals surface area contributed by atoms with Gasteiger partial charge in [-0.15, -0.1) is 0 Å². The first-order chi connectivity index (χ1) is 18.1. The van der Waals surface area contributed by atoms with Crippen molar-refractivity contribution in [3.63, 3.8) is 0 Å². The molecular weight excluding hydrogens is 530 g/mol. The molecule has 2 aromatic carbocycles. The van der Waals surface area contributed by atoms with Crippen molar-refractivity contribution in [1.82, 2.24) is 9.46 Å². The van der Waals surface area contributed by atoms with Gasteiger partial charge in [-0.1, -0.05) is 28.9 Å². The molecule has 0 saturated carbocycles. The number of aryl methyl sites for hydroxylation is 2.